The lowest BCUT2D eigenvalue weighted by Crippen LogP contribution is -1.81. The van der Waals surface area contributed by atoms with Crippen molar-refractivity contribution in [3.63, 3.8) is 0 Å². The van der Waals surface area contributed by atoms with Gasteiger partial charge in [0.2, 0.25) is 0 Å². The molecule has 0 saturated heterocycles. The normalized spacial score (nSPS) is 11.2. The van der Waals surface area contributed by atoms with Gasteiger partial charge in [0.1, 0.15) is 0 Å². The van der Waals surface area contributed by atoms with Crippen LogP contribution in [0, 0.1) is 13.8 Å². The molecule has 1 aromatic heterocycles. The predicted octanol–water partition coefficient (Wildman–Crippen LogP) is 6.62. The number of benzene rings is 2. The molecule has 3 aromatic rings. The summed E-state index contributed by atoms with van der Waals surface area (Å²) in [5.74, 6) is 0. The van der Waals surface area contributed by atoms with E-state index in [1.165, 1.54) is 11.1 Å². The van der Waals surface area contributed by atoms with Crippen molar-refractivity contribution in [1.29, 1.82) is 0 Å². The molecule has 0 aliphatic heterocycles. The van der Waals surface area contributed by atoms with Crippen molar-refractivity contribution in [2.75, 3.05) is 0 Å². The van der Waals surface area contributed by atoms with E-state index >= 15 is 0 Å². The first-order valence-corrected chi connectivity index (χ1v) is 9.87. The van der Waals surface area contributed by atoms with Crippen molar-refractivity contribution in [3.8, 4) is 11.3 Å². The number of thioether (sulfide) groups is 1. The van der Waals surface area contributed by atoms with Crippen LogP contribution in [0.5, 0.6) is 0 Å². The third-order valence-electron chi connectivity index (χ3n) is 3.62. The molecule has 2 aromatic carbocycles. The minimum Gasteiger partial charge on any atom is -0.229 e. The molecule has 0 aliphatic carbocycles. The van der Waals surface area contributed by atoms with Gasteiger partial charge >= 0.3 is 0 Å². The summed E-state index contributed by atoms with van der Waals surface area (Å²) in [6, 6.07) is 16.6. The van der Waals surface area contributed by atoms with E-state index in [9.17, 15) is 0 Å². The Bertz CT molecular complexity index is 932. The molecule has 25 heavy (non-hydrogen) atoms. The molecule has 0 aliphatic rings. The average Bonchev–Trinajstić information content (AvgIpc) is 3.09. The Hall–Kier alpha value is -2.04. The number of aromatic nitrogens is 1. The smallest absolute Gasteiger partial charge is 0.154 e. The summed E-state index contributed by atoms with van der Waals surface area (Å²) >= 11 is 7.96. The van der Waals surface area contributed by atoms with Crippen molar-refractivity contribution in [2.24, 2.45) is 4.99 Å². The Kier molecular flexibility index (Phi) is 5.95. The maximum atomic E-state index is 4.78. The molecule has 2 nitrogen and oxygen atoms in total. The molecule has 0 N–H and O–H groups in total. The molecule has 0 bridgehead atoms. The number of thiocarbonyl (C=S) groups is 1. The summed E-state index contributed by atoms with van der Waals surface area (Å²) < 4.78 is 0.972. The van der Waals surface area contributed by atoms with Gasteiger partial charge in [-0.25, -0.2) is 4.98 Å². The maximum Gasteiger partial charge on any atom is 0.154 e. The van der Waals surface area contributed by atoms with Gasteiger partial charge in [-0.15, -0.1) is 11.3 Å². The molecule has 0 saturated carbocycles. The molecule has 0 radical (unpaired) electrons. The lowest BCUT2D eigenvalue weighted by Gasteiger charge is -2.01. The number of hydrogen-bond donors (Lipinski definition) is 0. The van der Waals surface area contributed by atoms with Crippen LogP contribution in [0.4, 0.5) is 0 Å². The van der Waals surface area contributed by atoms with Crippen LogP contribution in [0.1, 0.15) is 16.7 Å². The standard InChI is InChI=1S/C20H16N2S3/c1-14-3-7-16(8-4-14)18(21-13-23)11-24-20-22-19(12-25-20)17-9-5-15(2)6-10-17/h3-12H,1-2H3/b18-11-. The van der Waals surface area contributed by atoms with Crippen LogP contribution in [0.2, 0.25) is 0 Å². The van der Waals surface area contributed by atoms with E-state index in [4.69, 9.17) is 17.2 Å². The Morgan fingerprint density at radius 2 is 1.72 bits per heavy atom. The summed E-state index contributed by atoms with van der Waals surface area (Å²) in [5.41, 5.74) is 6.41. The maximum absolute atomic E-state index is 4.78. The van der Waals surface area contributed by atoms with E-state index < -0.39 is 0 Å². The van der Waals surface area contributed by atoms with Gasteiger partial charge in [-0.1, -0.05) is 71.4 Å². The fourth-order valence-electron chi connectivity index (χ4n) is 2.21. The highest BCUT2D eigenvalue weighted by molar-refractivity contribution is 8.03. The van der Waals surface area contributed by atoms with E-state index in [0.717, 1.165) is 26.9 Å². The number of rotatable bonds is 5. The van der Waals surface area contributed by atoms with E-state index in [1.807, 2.05) is 17.5 Å². The number of isothiocyanates is 1. The third-order valence-corrected chi connectivity index (χ3v) is 5.55. The molecule has 3 rings (SSSR count). The predicted molar refractivity (Wildman–Crippen MR) is 112 cm³/mol. The van der Waals surface area contributed by atoms with Crippen LogP contribution in [0.15, 0.2) is 68.7 Å². The summed E-state index contributed by atoms with van der Waals surface area (Å²) in [4.78, 5) is 8.89. The first kappa shape index (κ1) is 17.8. The van der Waals surface area contributed by atoms with Crippen LogP contribution >= 0.6 is 35.3 Å². The van der Waals surface area contributed by atoms with Crippen LogP contribution in [-0.2, 0) is 0 Å². The number of nitrogens with zero attached hydrogens (tertiary/aromatic N) is 2. The minimum atomic E-state index is 0.798. The molecule has 0 atom stereocenters. The number of aryl methyl sites for hydroxylation is 2. The van der Waals surface area contributed by atoms with Gasteiger partial charge in [-0.3, -0.25) is 0 Å². The second-order valence-electron chi connectivity index (χ2n) is 5.55. The molecule has 1 heterocycles. The largest absolute Gasteiger partial charge is 0.229 e. The molecule has 0 amide bonds. The number of hydrogen-bond acceptors (Lipinski definition) is 5. The van der Waals surface area contributed by atoms with Crippen LogP contribution in [-0.4, -0.2) is 10.1 Å². The highest BCUT2D eigenvalue weighted by Gasteiger charge is 2.06. The van der Waals surface area contributed by atoms with Crippen LogP contribution < -0.4 is 0 Å². The van der Waals surface area contributed by atoms with Crippen LogP contribution in [0.3, 0.4) is 0 Å². The number of aliphatic imine (C=N–C) groups is 1. The van der Waals surface area contributed by atoms with Gasteiger partial charge in [-0.05, 0) is 26.1 Å². The van der Waals surface area contributed by atoms with E-state index in [-0.39, 0.29) is 0 Å². The van der Waals surface area contributed by atoms with Crippen molar-refractivity contribution < 1.29 is 0 Å². The second kappa shape index (κ2) is 8.37. The van der Waals surface area contributed by atoms with Crippen LogP contribution in [0.25, 0.3) is 17.0 Å². The molecule has 0 fully saturated rings. The molecular weight excluding hydrogens is 364 g/mol. The van der Waals surface area contributed by atoms with E-state index in [1.54, 1.807) is 23.1 Å². The third kappa shape index (κ3) is 4.74. The van der Waals surface area contributed by atoms with Crippen molar-refractivity contribution in [1.82, 2.24) is 4.98 Å². The van der Waals surface area contributed by atoms with Gasteiger partial charge in [-0.2, -0.15) is 4.99 Å². The highest BCUT2D eigenvalue weighted by Crippen LogP contribution is 2.31. The fourth-order valence-corrected chi connectivity index (χ4v) is 3.92. The zero-order valence-corrected chi connectivity index (χ0v) is 16.3. The topological polar surface area (TPSA) is 25.2 Å². The summed E-state index contributed by atoms with van der Waals surface area (Å²) in [7, 11) is 0. The zero-order valence-electron chi connectivity index (χ0n) is 13.9. The van der Waals surface area contributed by atoms with Gasteiger partial charge in [0.05, 0.1) is 16.6 Å². The SMILES string of the molecule is Cc1ccc(/C(=C/Sc2nc(-c3ccc(C)cc3)cs2)N=C=S)cc1. The first-order chi connectivity index (χ1) is 12.2. The summed E-state index contributed by atoms with van der Waals surface area (Å²) in [6.45, 7) is 4.15. The van der Waals surface area contributed by atoms with Gasteiger partial charge in [0, 0.05) is 21.9 Å². The number of thiazole rings is 1. The zero-order chi connectivity index (χ0) is 17.6. The average molecular weight is 381 g/mol. The van der Waals surface area contributed by atoms with Crippen molar-refractivity contribution in [3.05, 3.63) is 76.0 Å². The van der Waals surface area contributed by atoms with Crippen molar-refractivity contribution in [2.45, 2.75) is 18.2 Å². The summed E-state index contributed by atoms with van der Waals surface area (Å²) in [6.07, 6.45) is 0. The second-order valence-corrected chi connectivity index (χ2v) is 7.71. The Labute approximate surface area is 161 Å². The molecule has 0 spiro atoms. The lowest BCUT2D eigenvalue weighted by molar-refractivity contribution is 1.26. The molecule has 124 valence electrons. The molecule has 0 unspecified atom stereocenters. The summed E-state index contributed by atoms with van der Waals surface area (Å²) in [5, 5.41) is 6.52. The quantitative estimate of drug-likeness (QED) is 0.282. The minimum absolute atomic E-state index is 0.798. The van der Waals surface area contributed by atoms with E-state index in [0.29, 0.717) is 0 Å². The van der Waals surface area contributed by atoms with Gasteiger partial charge < -0.3 is 0 Å². The van der Waals surface area contributed by atoms with Gasteiger partial charge in [0.25, 0.3) is 0 Å². The van der Waals surface area contributed by atoms with Gasteiger partial charge in [0.15, 0.2) is 4.34 Å². The monoisotopic (exact) mass is 380 g/mol. The fraction of sp³-hybridized carbons (Fsp3) is 0.100. The molecule has 5 heteroatoms. The lowest BCUT2D eigenvalue weighted by atomic mass is 10.1. The van der Waals surface area contributed by atoms with E-state index in [2.05, 4.69) is 65.8 Å². The molecular formula is C20H16N2S3. The Balaban J connectivity index is 1.80. The van der Waals surface area contributed by atoms with Crippen molar-refractivity contribution >= 4 is 46.2 Å². The first-order valence-electron chi connectivity index (χ1n) is 7.70. The Morgan fingerprint density at radius 1 is 1.08 bits per heavy atom. The highest BCUT2D eigenvalue weighted by atomic mass is 32.2. The Morgan fingerprint density at radius 3 is 2.36 bits per heavy atom.